The van der Waals surface area contributed by atoms with Crippen molar-refractivity contribution in [1.82, 2.24) is 0 Å². The van der Waals surface area contributed by atoms with Gasteiger partial charge in [-0.05, 0) is 47.7 Å². The maximum Gasteiger partial charge on any atom is 0.0775 e. The minimum Gasteiger partial charge on any atom is -0.257 e. The van der Waals surface area contributed by atoms with Gasteiger partial charge >= 0.3 is 0 Å². The second-order valence-electron chi connectivity index (χ2n) is 13.2. The molecule has 8 aromatic carbocycles. The van der Waals surface area contributed by atoms with Crippen molar-refractivity contribution in [2.75, 3.05) is 6.66 Å². The van der Waals surface area contributed by atoms with Crippen molar-refractivity contribution < 1.29 is 0 Å². The van der Waals surface area contributed by atoms with Crippen molar-refractivity contribution in [1.29, 1.82) is 0 Å². The zero-order valence-corrected chi connectivity index (χ0v) is 34.4. The maximum atomic E-state index is 6.53. The van der Waals surface area contributed by atoms with Crippen LogP contribution < -0.4 is 37.1 Å². The first kappa shape index (κ1) is 37.1. The van der Waals surface area contributed by atoms with Crippen LogP contribution in [0.15, 0.2) is 247 Å². The Bertz CT molecular complexity index is 2350. The van der Waals surface area contributed by atoms with Gasteiger partial charge in [0.05, 0.1) is 14.8 Å². The number of hydrogen-bond donors (Lipinski definition) is 0. The molecule has 0 fully saturated rings. The number of benzene rings is 8. The van der Waals surface area contributed by atoms with Crippen LogP contribution in [0.3, 0.4) is 0 Å². The van der Waals surface area contributed by atoms with Crippen LogP contribution in [-0.4, -0.2) is 11.7 Å². The van der Waals surface area contributed by atoms with Gasteiger partial charge in [-0.1, -0.05) is 243 Å². The fourth-order valence-electron chi connectivity index (χ4n) is 7.54. The maximum absolute atomic E-state index is 6.53. The fraction of sp³-hybridized carbons (Fsp3) is 0.0200. The van der Waals surface area contributed by atoms with E-state index >= 15 is 0 Å². The Labute approximate surface area is 329 Å². The zero-order chi connectivity index (χ0) is 37.3. The summed E-state index contributed by atoms with van der Waals surface area (Å²) in [5.74, 6) is 0. The lowest BCUT2D eigenvalue weighted by molar-refractivity contribution is 1.68. The van der Waals surface area contributed by atoms with Crippen molar-refractivity contribution in [3.05, 3.63) is 248 Å². The highest BCUT2D eigenvalue weighted by Gasteiger charge is 2.41. The lowest BCUT2D eigenvalue weighted by Crippen LogP contribution is -2.31. The first-order chi connectivity index (χ1) is 27.2. The highest BCUT2D eigenvalue weighted by molar-refractivity contribution is 8.49. The summed E-state index contributed by atoms with van der Waals surface area (Å²) in [6.45, 7) is -2.62. The molecule has 0 N–H and O–H groups in total. The van der Waals surface area contributed by atoms with E-state index in [9.17, 15) is 0 Å². The fourth-order valence-corrected chi connectivity index (χ4v) is 29.9. The summed E-state index contributed by atoms with van der Waals surface area (Å²) in [5.41, 5.74) is 1.29. The van der Waals surface area contributed by atoms with Crippen molar-refractivity contribution in [2.24, 2.45) is 4.52 Å². The summed E-state index contributed by atoms with van der Waals surface area (Å²) in [7, 11) is -2.19. The van der Waals surface area contributed by atoms with E-state index in [1.807, 2.05) is 0 Å². The van der Waals surface area contributed by atoms with Crippen LogP contribution >= 0.6 is 29.3 Å². The predicted molar refractivity (Wildman–Crippen MR) is 249 cm³/mol. The first-order valence-electron chi connectivity index (χ1n) is 18.6. The minimum atomic E-state index is -2.65. The van der Waals surface area contributed by atoms with E-state index in [0.29, 0.717) is 0 Å². The Balaban J connectivity index is 1.64. The Morgan fingerprint density at radius 1 is 0.345 bits per heavy atom. The van der Waals surface area contributed by atoms with Gasteiger partial charge in [-0.15, -0.1) is 0 Å². The molecule has 0 heterocycles. The molecule has 268 valence electrons. The Kier molecular flexibility index (Phi) is 11.7. The third kappa shape index (κ3) is 7.32. The number of rotatable bonds is 11. The smallest absolute Gasteiger partial charge is 0.0775 e. The molecule has 0 spiro atoms. The summed E-state index contributed by atoms with van der Waals surface area (Å²) in [4.78, 5) is 0. The molecule has 5 heteroatoms. The monoisotopic (exact) mass is 781 g/mol. The Morgan fingerprint density at radius 3 is 0.945 bits per heavy atom. The molecule has 0 aliphatic rings. The average molecular weight is 782 g/mol. The molecule has 0 radical (unpaired) electrons. The number of hydrogen-bond acceptors (Lipinski definition) is 1. The van der Waals surface area contributed by atoms with Gasteiger partial charge in [0.25, 0.3) is 0 Å². The molecule has 55 heavy (non-hydrogen) atoms. The van der Waals surface area contributed by atoms with E-state index in [-0.39, 0.29) is 0 Å². The largest absolute Gasteiger partial charge is 0.257 e. The van der Waals surface area contributed by atoms with Gasteiger partial charge in [-0.3, -0.25) is 4.52 Å². The third-order valence-electron chi connectivity index (χ3n) is 9.97. The quantitative estimate of drug-likeness (QED) is 0.116. The molecule has 0 aromatic heterocycles. The molecule has 0 saturated heterocycles. The molecule has 8 aromatic rings. The normalized spacial score (nSPS) is 12.2. The SMILES string of the molecule is CP(C(c1ccccc1)=P(c1ccccc1)(c1ccccc1)c1ccccc1)P(=NP(c1ccccc1)c1ccccc1)(c1ccccc1)c1ccccc1. The van der Waals surface area contributed by atoms with Gasteiger partial charge in [0.1, 0.15) is 0 Å². The topological polar surface area (TPSA) is 12.4 Å². The molecule has 1 nitrogen and oxygen atoms in total. The highest BCUT2D eigenvalue weighted by Crippen LogP contribution is 2.80. The lowest BCUT2D eigenvalue weighted by atomic mass is 10.2. The van der Waals surface area contributed by atoms with Crippen molar-refractivity contribution >= 4 is 71.5 Å². The van der Waals surface area contributed by atoms with Gasteiger partial charge < -0.3 is 0 Å². The lowest BCUT2D eigenvalue weighted by Gasteiger charge is -2.41. The third-order valence-corrected chi connectivity index (χ3v) is 28.8. The highest BCUT2D eigenvalue weighted by atomic mass is 32.1. The van der Waals surface area contributed by atoms with Crippen LogP contribution in [0.4, 0.5) is 0 Å². The van der Waals surface area contributed by atoms with Gasteiger partial charge in [0.2, 0.25) is 0 Å². The molecule has 0 aliphatic carbocycles. The average Bonchev–Trinajstić information content (AvgIpc) is 3.28. The standard InChI is InChI=1S/C50H43NP4/c1-52(50(42-26-10-2-11-27-42)54(45-32-16-5-17-33-45,46-34-18-6-19-35-46)47-36-20-7-21-37-47)55(48-38-22-8-23-39-48,49-40-24-9-25-41-49)51-53(43-28-12-3-13-29-43)44-30-14-4-15-31-44/h2-41H,1H3. The van der Waals surface area contributed by atoms with E-state index < -0.39 is 29.3 Å². The molecule has 0 amide bonds. The van der Waals surface area contributed by atoms with Crippen LogP contribution in [0.25, 0.3) is 0 Å². The summed E-state index contributed by atoms with van der Waals surface area (Å²) in [6.07, 6.45) is 0. The molecular weight excluding hydrogens is 738 g/mol. The van der Waals surface area contributed by atoms with Crippen LogP contribution in [0.5, 0.6) is 0 Å². The van der Waals surface area contributed by atoms with Crippen LogP contribution in [0.1, 0.15) is 5.56 Å². The summed E-state index contributed by atoms with van der Waals surface area (Å²) in [6, 6.07) is 90.0. The first-order valence-corrected chi connectivity index (χ1v) is 25.9. The second kappa shape index (κ2) is 17.3. The van der Waals surface area contributed by atoms with E-state index in [4.69, 9.17) is 4.52 Å². The zero-order valence-electron chi connectivity index (χ0n) is 30.8. The molecule has 1 unspecified atom stereocenters. The van der Waals surface area contributed by atoms with Crippen molar-refractivity contribution in [2.45, 2.75) is 0 Å². The van der Waals surface area contributed by atoms with Gasteiger partial charge in [0.15, 0.2) is 0 Å². The molecular formula is C50H43NP4. The van der Waals surface area contributed by atoms with Gasteiger partial charge in [-0.25, -0.2) is 0 Å². The van der Waals surface area contributed by atoms with Crippen LogP contribution in [-0.2, 0) is 0 Å². The van der Waals surface area contributed by atoms with Gasteiger partial charge in [-0.2, -0.15) is 0 Å². The molecule has 0 bridgehead atoms. The van der Waals surface area contributed by atoms with E-state index in [0.717, 1.165) is 0 Å². The van der Waals surface area contributed by atoms with E-state index in [1.165, 1.54) is 47.7 Å². The minimum absolute atomic E-state index is 1.07. The molecule has 8 rings (SSSR count). The Morgan fingerprint density at radius 2 is 0.618 bits per heavy atom. The van der Waals surface area contributed by atoms with Crippen molar-refractivity contribution in [3.63, 3.8) is 0 Å². The Hall–Kier alpha value is -4.85. The van der Waals surface area contributed by atoms with E-state index in [2.05, 4.69) is 249 Å². The summed E-state index contributed by atoms with van der Waals surface area (Å²) in [5, 5.41) is 10.7. The van der Waals surface area contributed by atoms with Crippen LogP contribution in [0.2, 0.25) is 0 Å². The molecule has 0 aliphatic heterocycles. The van der Waals surface area contributed by atoms with Crippen molar-refractivity contribution in [3.8, 4) is 0 Å². The summed E-state index contributed by atoms with van der Waals surface area (Å²) >= 11 is 0. The second-order valence-corrected chi connectivity index (χ2v) is 26.6. The number of nitrogens with zero attached hydrogens (tertiary/aromatic N) is 1. The van der Waals surface area contributed by atoms with Gasteiger partial charge in [0, 0.05) is 21.2 Å². The van der Waals surface area contributed by atoms with E-state index in [1.54, 1.807) is 0 Å². The predicted octanol–water partition coefficient (Wildman–Crippen LogP) is 11.1. The molecule has 1 atom stereocenters. The molecule has 0 saturated carbocycles. The summed E-state index contributed by atoms with van der Waals surface area (Å²) < 4.78 is 6.53. The van der Waals surface area contributed by atoms with Crippen LogP contribution in [0, 0.1) is 0 Å².